The van der Waals surface area contributed by atoms with Crippen molar-refractivity contribution in [1.82, 2.24) is 4.98 Å². The molecule has 1 heterocycles. The van der Waals surface area contributed by atoms with Gasteiger partial charge in [0.15, 0.2) is 0 Å². The molecule has 0 amide bonds. The van der Waals surface area contributed by atoms with Crippen LogP contribution in [0.15, 0.2) is 36.5 Å². The van der Waals surface area contributed by atoms with Gasteiger partial charge in [-0.3, -0.25) is 10.1 Å². The number of anilines is 2. The minimum absolute atomic E-state index is 0.103. The number of carboxylic acid groups (broad SMARTS) is 1. The Balaban J connectivity index is 2.41. The lowest BCUT2D eigenvalue weighted by Gasteiger charge is -2.08. The fraction of sp³-hybridized carbons (Fsp3) is 0. The van der Waals surface area contributed by atoms with Crippen LogP contribution in [0.4, 0.5) is 21.6 Å². The molecule has 2 aromatic rings. The summed E-state index contributed by atoms with van der Waals surface area (Å²) >= 11 is 0. The highest BCUT2D eigenvalue weighted by molar-refractivity contribution is 5.94. The molecule has 0 radical (unpaired) electrons. The number of halogens is 1. The number of pyridine rings is 1. The summed E-state index contributed by atoms with van der Waals surface area (Å²) in [6.07, 6.45) is 0.925. The number of nitrogens with one attached hydrogen (secondary N) is 1. The number of rotatable bonds is 4. The number of hydrogen-bond acceptors (Lipinski definition) is 5. The number of aromatic carboxylic acids is 1. The van der Waals surface area contributed by atoms with E-state index >= 15 is 0 Å². The molecule has 1 aromatic heterocycles. The smallest absolute Gasteiger partial charge is 0.339 e. The van der Waals surface area contributed by atoms with Gasteiger partial charge >= 0.3 is 5.97 Å². The molecule has 7 nitrogen and oxygen atoms in total. The van der Waals surface area contributed by atoms with E-state index in [1.165, 1.54) is 18.2 Å². The standard InChI is InChI=1S/C12H8FN3O4/c13-7-2-1-3-8(4-7)15-11-10(12(17)18)5-9(6-14-11)16(19)20/h1-6H,(H,14,15)(H,17,18). The summed E-state index contributed by atoms with van der Waals surface area (Å²) in [5.41, 5.74) is -0.524. The van der Waals surface area contributed by atoms with Gasteiger partial charge in [0, 0.05) is 11.8 Å². The molecule has 0 aliphatic carbocycles. The number of nitrogens with zero attached hydrogens (tertiary/aromatic N) is 2. The molecule has 1 aromatic carbocycles. The summed E-state index contributed by atoms with van der Waals surface area (Å²) in [6, 6.07) is 6.21. The van der Waals surface area contributed by atoms with Crippen molar-refractivity contribution >= 4 is 23.2 Å². The number of carboxylic acids is 1. The molecule has 20 heavy (non-hydrogen) atoms. The summed E-state index contributed by atoms with van der Waals surface area (Å²) in [5.74, 6) is -1.98. The van der Waals surface area contributed by atoms with E-state index in [0.29, 0.717) is 0 Å². The second-order valence-electron chi connectivity index (χ2n) is 3.79. The molecule has 2 rings (SSSR count). The van der Waals surface area contributed by atoms with E-state index in [0.717, 1.165) is 18.3 Å². The lowest BCUT2D eigenvalue weighted by Crippen LogP contribution is -2.06. The quantitative estimate of drug-likeness (QED) is 0.657. The second kappa shape index (κ2) is 5.31. The molecule has 0 aliphatic heterocycles. The van der Waals surface area contributed by atoms with E-state index < -0.39 is 22.4 Å². The maximum atomic E-state index is 13.0. The molecular formula is C12H8FN3O4. The molecule has 0 unspecified atom stereocenters. The third-order valence-corrected chi connectivity index (χ3v) is 2.40. The van der Waals surface area contributed by atoms with Crippen molar-refractivity contribution in [1.29, 1.82) is 0 Å². The first-order valence-corrected chi connectivity index (χ1v) is 5.37. The molecule has 102 valence electrons. The first-order valence-electron chi connectivity index (χ1n) is 5.37. The monoisotopic (exact) mass is 277 g/mol. The highest BCUT2D eigenvalue weighted by atomic mass is 19.1. The van der Waals surface area contributed by atoms with Crippen molar-refractivity contribution in [3.05, 3.63) is 58.0 Å². The van der Waals surface area contributed by atoms with E-state index in [9.17, 15) is 19.3 Å². The summed E-state index contributed by atoms with van der Waals surface area (Å²) in [7, 11) is 0. The van der Waals surface area contributed by atoms with Gasteiger partial charge in [-0.1, -0.05) is 6.07 Å². The zero-order valence-corrected chi connectivity index (χ0v) is 9.91. The summed E-state index contributed by atoms with van der Waals surface area (Å²) in [5, 5.41) is 22.2. The van der Waals surface area contributed by atoms with Crippen LogP contribution >= 0.6 is 0 Å². The Morgan fingerprint density at radius 2 is 2.15 bits per heavy atom. The van der Waals surface area contributed by atoms with E-state index in [-0.39, 0.29) is 17.1 Å². The normalized spacial score (nSPS) is 10.1. The van der Waals surface area contributed by atoms with Crippen LogP contribution in [-0.4, -0.2) is 21.0 Å². The van der Waals surface area contributed by atoms with Gasteiger partial charge in [-0.15, -0.1) is 0 Å². The van der Waals surface area contributed by atoms with Crippen molar-refractivity contribution < 1.29 is 19.2 Å². The summed E-state index contributed by atoms with van der Waals surface area (Å²) < 4.78 is 13.0. The van der Waals surface area contributed by atoms with Gasteiger partial charge in [-0.25, -0.2) is 14.2 Å². The molecule has 0 fully saturated rings. The first kappa shape index (κ1) is 13.4. The Labute approximate surface area is 111 Å². The summed E-state index contributed by atoms with van der Waals surface area (Å²) in [4.78, 5) is 24.6. The Hall–Kier alpha value is -3.03. The summed E-state index contributed by atoms with van der Waals surface area (Å²) in [6.45, 7) is 0. The predicted octanol–water partition coefficient (Wildman–Crippen LogP) is 2.57. The Morgan fingerprint density at radius 1 is 1.40 bits per heavy atom. The SMILES string of the molecule is O=C(O)c1cc([N+](=O)[O-])cnc1Nc1cccc(F)c1. The molecule has 0 saturated heterocycles. The van der Waals surface area contributed by atoms with Gasteiger partial charge in [0.2, 0.25) is 0 Å². The zero-order valence-electron chi connectivity index (χ0n) is 9.91. The van der Waals surface area contributed by atoms with Crippen LogP contribution in [0.5, 0.6) is 0 Å². The van der Waals surface area contributed by atoms with E-state index in [4.69, 9.17) is 5.11 Å². The fourth-order valence-electron chi connectivity index (χ4n) is 1.52. The van der Waals surface area contributed by atoms with Gasteiger partial charge in [-0.2, -0.15) is 0 Å². The van der Waals surface area contributed by atoms with Crippen LogP contribution in [0.2, 0.25) is 0 Å². The van der Waals surface area contributed by atoms with Gasteiger partial charge in [-0.05, 0) is 18.2 Å². The molecule has 0 saturated carbocycles. The van der Waals surface area contributed by atoms with Crippen LogP contribution in [0.25, 0.3) is 0 Å². The lowest BCUT2D eigenvalue weighted by molar-refractivity contribution is -0.385. The van der Waals surface area contributed by atoms with E-state index in [2.05, 4.69) is 10.3 Å². The van der Waals surface area contributed by atoms with Gasteiger partial charge in [0.1, 0.15) is 23.4 Å². The molecule has 2 N–H and O–H groups in total. The number of aromatic nitrogens is 1. The van der Waals surface area contributed by atoms with Gasteiger partial charge in [0.25, 0.3) is 5.69 Å². The molecular weight excluding hydrogens is 269 g/mol. The second-order valence-corrected chi connectivity index (χ2v) is 3.79. The average molecular weight is 277 g/mol. The number of nitro groups is 1. The largest absolute Gasteiger partial charge is 0.478 e. The van der Waals surface area contributed by atoms with Crippen molar-refractivity contribution in [2.24, 2.45) is 0 Å². The van der Waals surface area contributed by atoms with Gasteiger partial charge in [0.05, 0.1) is 4.92 Å². The first-order chi connectivity index (χ1) is 9.47. The maximum absolute atomic E-state index is 13.0. The fourth-order valence-corrected chi connectivity index (χ4v) is 1.52. The molecule has 0 spiro atoms. The number of benzene rings is 1. The van der Waals surface area contributed by atoms with E-state index in [1.54, 1.807) is 0 Å². The van der Waals surface area contributed by atoms with Crippen LogP contribution in [0, 0.1) is 15.9 Å². The maximum Gasteiger partial charge on any atom is 0.339 e. The van der Waals surface area contributed by atoms with Crippen molar-refractivity contribution in [3.8, 4) is 0 Å². The van der Waals surface area contributed by atoms with Crippen molar-refractivity contribution in [3.63, 3.8) is 0 Å². The molecule has 0 aliphatic rings. The highest BCUT2D eigenvalue weighted by Gasteiger charge is 2.17. The molecule has 0 atom stereocenters. The third kappa shape index (κ3) is 2.86. The number of hydrogen-bond donors (Lipinski definition) is 2. The molecule has 0 bridgehead atoms. The molecule has 8 heteroatoms. The highest BCUT2D eigenvalue weighted by Crippen LogP contribution is 2.23. The third-order valence-electron chi connectivity index (χ3n) is 2.40. The number of carbonyl (C=O) groups is 1. The van der Waals surface area contributed by atoms with Crippen LogP contribution in [0.3, 0.4) is 0 Å². The van der Waals surface area contributed by atoms with Crippen LogP contribution in [0.1, 0.15) is 10.4 Å². The Bertz CT molecular complexity index is 690. The Morgan fingerprint density at radius 3 is 2.75 bits per heavy atom. The van der Waals surface area contributed by atoms with Gasteiger partial charge < -0.3 is 10.4 Å². The Kier molecular flexibility index (Phi) is 3.56. The lowest BCUT2D eigenvalue weighted by atomic mass is 10.2. The topological polar surface area (TPSA) is 105 Å². The zero-order chi connectivity index (χ0) is 14.7. The predicted molar refractivity (Wildman–Crippen MR) is 67.5 cm³/mol. The van der Waals surface area contributed by atoms with Crippen LogP contribution in [-0.2, 0) is 0 Å². The average Bonchev–Trinajstić information content (AvgIpc) is 2.38. The van der Waals surface area contributed by atoms with Crippen LogP contribution < -0.4 is 5.32 Å². The van der Waals surface area contributed by atoms with Crippen molar-refractivity contribution in [2.45, 2.75) is 0 Å². The van der Waals surface area contributed by atoms with Crippen molar-refractivity contribution in [2.75, 3.05) is 5.32 Å². The van der Waals surface area contributed by atoms with E-state index in [1.807, 2.05) is 0 Å². The minimum atomic E-state index is -1.37. The minimum Gasteiger partial charge on any atom is -0.478 e.